The van der Waals surface area contributed by atoms with E-state index in [0.717, 1.165) is 0 Å². The Labute approximate surface area is 90.0 Å². The molecule has 1 aromatic carbocycles. The number of aromatic hydroxyl groups is 1. The van der Waals surface area contributed by atoms with Crippen LogP contribution in [0.4, 0.5) is 0 Å². The van der Waals surface area contributed by atoms with Crippen LogP contribution in [0.15, 0.2) is 24.3 Å². The number of halogens is 3. The first-order valence-electron chi connectivity index (χ1n) is 3.32. The van der Waals surface area contributed by atoms with E-state index in [9.17, 15) is 9.90 Å². The van der Waals surface area contributed by atoms with Gasteiger partial charge >= 0.3 is 0 Å². The van der Waals surface area contributed by atoms with Crippen LogP contribution in [0.1, 0.15) is 10.4 Å². The molecule has 0 spiro atoms. The average molecular weight is 239 g/mol. The monoisotopic (exact) mass is 238 g/mol. The van der Waals surface area contributed by atoms with E-state index in [4.69, 9.17) is 34.8 Å². The molecule has 70 valence electrons. The molecule has 0 aromatic heterocycles. The summed E-state index contributed by atoms with van der Waals surface area (Å²) in [6.07, 6.45) is 0. The van der Waals surface area contributed by atoms with E-state index < -0.39 is 9.58 Å². The molecule has 0 atom stereocenters. The zero-order valence-corrected chi connectivity index (χ0v) is 8.57. The number of carbonyl (C=O) groups excluding carboxylic acids is 1. The van der Waals surface area contributed by atoms with E-state index in [2.05, 4.69) is 0 Å². The molecule has 0 bridgehead atoms. The number of hydrogen-bond acceptors (Lipinski definition) is 2. The van der Waals surface area contributed by atoms with E-state index in [-0.39, 0.29) is 11.3 Å². The lowest BCUT2D eigenvalue weighted by molar-refractivity contribution is 0.0994. The lowest BCUT2D eigenvalue weighted by Gasteiger charge is -2.09. The van der Waals surface area contributed by atoms with Crippen molar-refractivity contribution in [3.05, 3.63) is 29.8 Å². The summed E-state index contributed by atoms with van der Waals surface area (Å²) < 4.78 is -2.03. The van der Waals surface area contributed by atoms with Crippen molar-refractivity contribution < 1.29 is 9.90 Å². The smallest absolute Gasteiger partial charge is 0.253 e. The molecule has 0 saturated carbocycles. The molecule has 0 aliphatic carbocycles. The Hall–Kier alpha value is -0.440. The van der Waals surface area contributed by atoms with Crippen LogP contribution < -0.4 is 0 Å². The van der Waals surface area contributed by atoms with Gasteiger partial charge in [0.1, 0.15) is 5.75 Å². The second kappa shape index (κ2) is 3.74. The SMILES string of the molecule is O=C(c1ccccc1O)C(Cl)(Cl)Cl. The van der Waals surface area contributed by atoms with Gasteiger partial charge in [-0.2, -0.15) is 0 Å². The number of benzene rings is 1. The van der Waals surface area contributed by atoms with E-state index in [1.807, 2.05) is 0 Å². The van der Waals surface area contributed by atoms with Crippen LogP contribution in [-0.2, 0) is 0 Å². The highest BCUT2D eigenvalue weighted by Crippen LogP contribution is 2.32. The Morgan fingerprint density at radius 2 is 1.77 bits per heavy atom. The fraction of sp³-hybridized carbons (Fsp3) is 0.125. The fourth-order valence-corrected chi connectivity index (χ4v) is 1.12. The van der Waals surface area contributed by atoms with Crippen molar-refractivity contribution >= 4 is 40.6 Å². The van der Waals surface area contributed by atoms with Gasteiger partial charge in [-0.3, -0.25) is 4.79 Å². The Bertz CT molecular complexity index is 330. The first-order valence-corrected chi connectivity index (χ1v) is 4.46. The van der Waals surface area contributed by atoms with Crippen molar-refractivity contribution in [2.45, 2.75) is 3.79 Å². The van der Waals surface area contributed by atoms with Crippen molar-refractivity contribution in [2.75, 3.05) is 0 Å². The zero-order chi connectivity index (χ0) is 10.1. The third kappa shape index (κ3) is 2.50. The molecule has 0 radical (unpaired) electrons. The summed E-state index contributed by atoms with van der Waals surface area (Å²) in [5.74, 6) is -0.936. The summed E-state index contributed by atoms with van der Waals surface area (Å²) in [5.41, 5.74) is 0.00231. The van der Waals surface area contributed by atoms with Gasteiger partial charge in [0.15, 0.2) is 0 Å². The van der Waals surface area contributed by atoms with Gasteiger partial charge in [-0.15, -0.1) is 0 Å². The van der Waals surface area contributed by atoms with Gasteiger partial charge in [0.25, 0.3) is 3.79 Å². The van der Waals surface area contributed by atoms with Gasteiger partial charge in [0.05, 0.1) is 5.56 Å². The number of rotatable bonds is 1. The van der Waals surface area contributed by atoms with Crippen LogP contribution in [0.3, 0.4) is 0 Å². The van der Waals surface area contributed by atoms with Crippen molar-refractivity contribution in [3.8, 4) is 5.75 Å². The minimum atomic E-state index is -2.03. The summed E-state index contributed by atoms with van der Waals surface area (Å²) in [6, 6.07) is 5.89. The van der Waals surface area contributed by atoms with Crippen LogP contribution >= 0.6 is 34.8 Å². The zero-order valence-electron chi connectivity index (χ0n) is 6.30. The molecule has 0 heterocycles. The molecule has 0 aliphatic rings. The standard InChI is InChI=1S/C8H5Cl3O2/c9-8(10,11)7(13)5-3-1-2-4-6(5)12/h1-4,12H. The molecule has 0 amide bonds. The molecule has 1 N–H and O–H groups in total. The number of para-hydroxylation sites is 1. The van der Waals surface area contributed by atoms with Crippen molar-refractivity contribution in [1.82, 2.24) is 0 Å². The minimum absolute atomic E-state index is 0.00231. The van der Waals surface area contributed by atoms with Gasteiger partial charge < -0.3 is 5.11 Å². The molecule has 0 fully saturated rings. The fourth-order valence-electron chi connectivity index (χ4n) is 0.818. The molecule has 5 heteroatoms. The minimum Gasteiger partial charge on any atom is -0.507 e. The lowest BCUT2D eigenvalue weighted by atomic mass is 10.1. The number of phenolic OH excluding ortho intramolecular Hbond substituents is 1. The van der Waals surface area contributed by atoms with Crippen LogP contribution in [0.5, 0.6) is 5.75 Å². The molecule has 0 saturated heterocycles. The maximum atomic E-state index is 11.3. The van der Waals surface area contributed by atoms with Crippen LogP contribution in [-0.4, -0.2) is 14.7 Å². The highest BCUT2D eigenvalue weighted by molar-refractivity contribution is 6.77. The van der Waals surface area contributed by atoms with Crippen LogP contribution in [0, 0.1) is 0 Å². The quantitative estimate of drug-likeness (QED) is 0.604. The number of phenols is 1. The third-order valence-electron chi connectivity index (χ3n) is 1.41. The Morgan fingerprint density at radius 1 is 1.23 bits per heavy atom. The van der Waals surface area contributed by atoms with Crippen LogP contribution in [0.2, 0.25) is 0 Å². The second-order valence-electron chi connectivity index (χ2n) is 2.34. The summed E-state index contributed by atoms with van der Waals surface area (Å²) in [4.78, 5) is 11.3. The number of Topliss-reactive ketones (excluding diaryl/α,β-unsaturated/α-hetero) is 1. The molecular weight excluding hydrogens is 234 g/mol. The normalized spacial score (nSPS) is 11.3. The van der Waals surface area contributed by atoms with E-state index in [1.165, 1.54) is 12.1 Å². The van der Waals surface area contributed by atoms with Crippen molar-refractivity contribution in [2.24, 2.45) is 0 Å². The highest BCUT2D eigenvalue weighted by atomic mass is 35.6. The maximum Gasteiger partial charge on any atom is 0.253 e. The largest absolute Gasteiger partial charge is 0.507 e. The Balaban J connectivity index is 3.10. The van der Waals surface area contributed by atoms with Crippen molar-refractivity contribution in [3.63, 3.8) is 0 Å². The second-order valence-corrected chi connectivity index (χ2v) is 4.63. The average Bonchev–Trinajstić information content (AvgIpc) is 2.02. The number of alkyl halides is 3. The number of carbonyl (C=O) groups is 1. The first kappa shape index (κ1) is 10.6. The Morgan fingerprint density at radius 3 is 2.23 bits per heavy atom. The first-order chi connectivity index (χ1) is 5.93. The number of ketones is 1. The molecule has 0 unspecified atom stereocenters. The van der Waals surface area contributed by atoms with Crippen molar-refractivity contribution in [1.29, 1.82) is 0 Å². The Kier molecular flexibility index (Phi) is 3.06. The summed E-state index contributed by atoms with van der Waals surface area (Å²) in [6.45, 7) is 0. The lowest BCUT2D eigenvalue weighted by Crippen LogP contribution is -2.18. The van der Waals surface area contributed by atoms with E-state index in [1.54, 1.807) is 12.1 Å². The van der Waals surface area contributed by atoms with Gasteiger partial charge in [-0.1, -0.05) is 46.9 Å². The van der Waals surface area contributed by atoms with Gasteiger partial charge in [0.2, 0.25) is 5.78 Å². The van der Waals surface area contributed by atoms with E-state index >= 15 is 0 Å². The molecule has 0 aliphatic heterocycles. The summed E-state index contributed by atoms with van der Waals surface area (Å²) >= 11 is 16.1. The molecule has 1 aromatic rings. The number of hydrogen-bond donors (Lipinski definition) is 1. The molecule has 2 nitrogen and oxygen atoms in total. The topological polar surface area (TPSA) is 37.3 Å². The summed E-state index contributed by atoms with van der Waals surface area (Å²) in [7, 11) is 0. The van der Waals surface area contributed by atoms with Gasteiger partial charge in [0, 0.05) is 0 Å². The highest BCUT2D eigenvalue weighted by Gasteiger charge is 2.32. The van der Waals surface area contributed by atoms with Gasteiger partial charge in [-0.25, -0.2) is 0 Å². The molecular formula is C8H5Cl3O2. The van der Waals surface area contributed by atoms with Gasteiger partial charge in [-0.05, 0) is 12.1 Å². The summed E-state index contributed by atoms with van der Waals surface area (Å²) in [5, 5.41) is 9.25. The predicted octanol–water partition coefficient (Wildman–Crippen LogP) is 2.95. The third-order valence-corrected chi connectivity index (χ3v) is 1.92. The maximum absolute atomic E-state index is 11.3. The molecule has 13 heavy (non-hydrogen) atoms. The van der Waals surface area contributed by atoms with Crippen LogP contribution in [0.25, 0.3) is 0 Å². The molecule has 1 rings (SSSR count). The van der Waals surface area contributed by atoms with E-state index in [0.29, 0.717) is 0 Å². The predicted molar refractivity (Wildman–Crippen MR) is 52.7 cm³/mol.